The van der Waals surface area contributed by atoms with Crippen molar-refractivity contribution < 1.29 is 4.74 Å². The largest absolute Gasteiger partial charge is 0.497 e. The maximum absolute atomic E-state index is 9.07. The Kier molecular flexibility index (Phi) is 5.54. The van der Waals surface area contributed by atoms with Gasteiger partial charge < -0.3 is 4.74 Å². The van der Waals surface area contributed by atoms with Crippen LogP contribution in [-0.4, -0.2) is 7.11 Å². The van der Waals surface area contributed by atoms with Gasteiger partial charge in [-0.25, -0.2) is 0 Å². The SMILES string of the molecule is CCCC(C#N)=C(Cl)c1cc(OC)ccc1Br. The highest BCUT2D eigenvalue weighted by atomic mass is 79.9. The third kappa shape index (κ3) is 3.49. The maximum Gasteiger partial charge on any atom is 0.119 e. The number of methoxy groups -OCH3 is 1. The summed E-state index contributed by atoms with van der Waals surface area (Å²) in [5, 5.41) is 9.55. The zero-order chi connectivity index (χ0) is 12.8. The average molecular weight is 315 g/mol. The van der Waals surface area contributed by atoms with E-state index < -0.39 is 0 Å². The van der Waals surface area contributed by atoms with Crippen LogP contribution in [0.4, 0.5) is 0 Å². The Morgan fingerprint density at radius 2 is 2.24 bits per heavy atom. The molecule has 0 unspecified atom stereocenters. The summed E-state index contributed by atoms with van der Waals surface area (Å²) in [6.07, 6.45) is 1.57. The van der Waals surface area contributed by atoms with Crippen LogP contribution in [0.1, 0.15) is 25.3 Å². The number of benzene rings is 1. The molecule has 0 fully saturated rings. The molecule has 0 spiro atoms. The second-order valence-corrected chi connectivity index (χ2v) is 4.73. The fourth-order valence-corrected chi connectivity index (χ4v) is 2.28. The van der Waals surface area contributed by atoms with Crippen molar-refractivity contribution in [1.29, 1.82) is 5.26 Å². The van der Waals surface area contributed by atoms with Crippen molar-refractivity contribution in [2.24, 2.45) is 0 Å². The van der Waals surface area contributed by atoms with E-state index in [9.17, 15) is 0 Å². The van der Waals surface area contributed by atoms with Crippen LogP contribution in [0, 0.1) is 11.3 Å². The highest BCUT2D eigenvalue weighted by molar-refractivity contribution is 9.10. The lowest BCUT2D eigenvalue weighted by molar-refractivity contribution is 0.414. The number of hydrogen-bond donors (Lipinski definition) is 0. The van der Waals surface area contributed by atoms with Crippen molar-refractivity contribution in [2.75, 3.05) is 7.11 Å². The Morgan fingerprint density at radius 3 is 2.76 bits per heavy atom. The van der Waals surface area contributed by atoms with Gasteiger partial charge in [-0.15, -0.1) is 0 Å². The van der Waals surface area contributed by atoms with E-state index in [1.165, 1.54) is 0 Å². The van der Waals surface area contributed by atoms with E-state index in [0.29, 0.717) is 17.0 Å². The summed E-state index contributed by atoms with van der Waals surface area (Å²) in [5.74, 6) is 0.718. The van der Waals surface area contributed by atoms with E-state index in [2.05, 4.69) is 22.0 Å². The predicted molar refractivity (Wildman–Crippen MR) is 74.0 cm³/mol. The number of allylic oxidation sites excluding steroid dienone is 1. The molecule has 1 aromatic rings. The molecule has 4 heteroatoms. The molecular weight excluding hydrogens is 302 g/mol. The first kappa shape index (κ1) is 14.1. The van der Waals surface area contributed by atoms with Gasteiger partial charge in [0.1, 0.15) is 5.75 Å². The number of hydrogen-bond acceptors (Lipinski definition) is 2. The minimum atomic E-state index is 0.486. The van der Waals surface area contributed by atoms with Crippen molar-refractivity contribution in [3.05, 3.63) is 33.8 Å². The fraction of sp³-hybridized carbons (Fsp3) is 0.308. The van der Waals surface area contributed by atoms with Gasteiger partial charge in [-0.1, -0.05) is 40.9 Å². The van der Waals surface area contributed by atoms with Gasteiger partial charge in [0.25, 0.3) is 0 Å². The van der Waals surface area contributed by atoms with Gasteiger partial charge >= 0.3 is 0 Å². The average Bonchev–Trinajstić information content (AvgIpc) is 2.35. The van der Waals surface area contributed by atoms with Crippen LogP contribution in [0.5, 0.6) is 5.75 Å². The topological polar surface area (TPSA) is 33.0 Å². The summed E-state index contributed by atoms with van der Waals surface area (Å²) in [4.78, 5) is 0. The van der Waals surface area contributed by atoms with Crippen LogP contribution in [0.2, 0.25) is 0 Å². The van der Waals surface area contributed by atoms with Crippen LogP contribution in [0.25, 0.3) is 5.03 Å². The molecule has 2 nitrogen and oxygen atoms in total. The summed E-state index contributed by atoms with van der Waals surface area (Å²) in [6, 6.07) is 7.67. The second-order valence-electron chi connectivity index (χ2n) is 3.50. The van der Waals surface area contributed by atoms with Gasteiger partial charge in [-0.3, -0.25) is 0 Å². The minimum Gasteiger partial charge on any atom is -0.497 e. The van der Waals surface area contributed by atoms with E-state index in [0.717, 1.165) is 22.2 Å². The number of ether oxygens (including phenoxy) is 1. The van der Waals surface area contributed by atoms with Crippen molar-refractivity contribution in [3.8, 4) is 11.8 Å². The van der Waals surface area contributed by atoms with Crippen LogP contribution >= 0.6 is 27.5 Å². The number of halogens is 2. The van der Waals surface area contributed by atoms with Crippen molar-refractivity contribution >= 4 is 32.6 Å². The molecule has 0 saturated carbocycles. The smallest absolute Gasteiger partial charge is 0.119 e. The molecule has 0 aromatic heterocycles. The molecule has 0 aliphatic heterocycles. The summed E-state index contributed by atoms with van der Waals surface area (Å²) in [6.45, 7) is 2.02. The Balaban J connectivity index is 3.27. The highest BCUT2D eigenvalue weighted by Crippen LogP contribution is 2.33. The molecule has 0 radical (unpaired) electrons. The third-order valence-corrected chi connectivity index (χ3v) is 3.43. The molecule has 17 heavy (non-hydrogen) atoms. The minimum absolute atomic E-state index is 0.486. The summed E-state index contributed by atoms with van der Waals surface area (Å²) in [5.41, 5.74) is 1.39. The van der Waals surface area contributed by atoms with E-state index in [1.807, 2.05) is 25.1 Å². The van der Waals surface area contributed by atoms with Crippen LogP contribution in [0.15, 0.2) is 28.2 Å². The first-order valence-corrected chi connectivity index (χ1v) is 6.43. The fourth-order valence-electron chi connectivity index (χ4n) is 1.43. The van der Waals surface area contributed by atoms with Crippen LogP contribution in [-0.2, 0) is 0 Å². The Bertz CT molecular complexity index is 477. The van der Waals surface area contributed by atoms with Crippen LogP contribution < -0.4 is 4.74 Å². The maximum atomic E-state index is 9.07. The lowest BCUT2D eigenvalue weighted by atomic mass is 10.1. The molecule has 90 valence electrons. The Morgan fingerprint density at radius 1 is 1.53 bits per heavy atom. The molecule has 0 amide bonds. The van der Waals surface area contributed by atoms with E-state index in [1.54, 1.807) is 7.11 Å². The van der Waals surface area contributed by atoms with Gasteiger partial charge in [-0.2, -0.15) is 5.26 Å². The molecule has 0 bridgehead atoms. The standard InChI is InChI=1S/C13H13BrClNO/c1-3-4-9(8-16)13(15)11-7-10(17-2)5-6-12(11)14/h5-7H,3-4H2,1-2H3. The molecule has 0 N–H and O–H groups in total. The van der Waals surface area contributed by atoms with Gasteiger partial charge in [-0.05, 0) is 24.6 Å². The van der Waals surface area contributed by atoms with E-state index in [-0.39, 0.29) is 0 Å². The summed E-state index contributed by atoms with van der Waals surface area (Å²) in [7, 11) is 1.60. The van der Waals surface area contributed by atoms with Crippen molar-refractivity contribution in [2.45, 2.75) is 19.8 Å². The Hall–Kier alpha value is -0.980. The number of nitriles is 1. The van der Waals surface area contributed by atoms with E-state index >= 15 is 0 Å². The molecule has 0 heterocycles. The molecule has 0 saturated heterocycles. The second kappa shape index (κ2) is 6.68. The molecule has 0 aliphatic carbocycles. The normalized spacial score (nSPS) is 11.7. The number of nitrogens with zero attached hydrogens (tertiary/aromatic N) is 1. The Labute approximate surface area is 115 Å². The van der Waals surface area contributed by atoms with Gasteiger partial charge in [0, 0.05) is 15.6 Å². The summed E-state index contributed by atoms with van der Waals surface area (Å²) < 4.78 is 6.00. The molecule has 1 rings (SSSR count). The molecule has 0 aliphatic rings. The van der Waals surface area contributed by atoms with Crippen LogP contribution in [0.3, 0.4) is 0 Å². The first-order valence-electron chi connectivity index (χ1n) is 5.26. The predicted octanol–water partition coefficient (Wildman–Crippen LogP) is 4.73. The number of rotatable bonds is 4. The van der Waals surface area contributed by atoms with Gasteiger partial charge in [0.2, 0.25) is 0 Å². The van der Waals surface area contributed by atoms with Gasteiger partial charge in [0.05, 0.1) is 18.2 Å². The van der Waals surface area contributed by atoms with E-state index in [4.69, 9.17) is 21.6 Å². The quantitative estimate of drug-likeness (QED) is 0.753. The molecule has 1 aromatic carbocycles. The zero-order valence-corrected chi connectivity index (χ0v) is 12.1. The summed E-state index contributed by atoms with van der Waals surface area (Å²) >= 11 is 9.68. The van der Waals surface area contributed by atoms with Gasteiger partial charge in [0.15, 0.2) is 0 Å². The first-order chi connectivity index (χ1) is 8.13. The molecule has 0 atom stereocenters. The van der Waals surface area contributed by atoms with Crippen molar-refractivity contribution in [3.63, 3.8) is 0 Å². The lowest BCUT2D eigenvalue weighted by Gasteiger charge is -2.08. The monoisotopic (exact) mass is 313 g/mol. The third-order valence-electron chi connectivity index (χ3n) is 2.31. The molecular formula is C13H13BrClNO. The highest BCUT2D eigenvalue weighted by Gasteiger charge is 2.10. The lowest BCUT2D eigenvalue weighted by Crippen LogP contribution is -1.89. The van der Waals surface area contributed by atoms with Crippen molar-refractivity contribution in [1.82, 2.24) is 0 Å². The zero-order valence-electron chi connectivity index (χ0n) is 9.76.